The number of nitrogens with zero attached hydrogens (tertiary/aromatic N) is 3. The molecule has 9 heteroatoms. The molecule has 2 heterocycles. The highest BCUT2D eigenvalue weighted by molar-refractivity contribution is 7.88. The molecule has 27 heavy (non-hydrogen) atoms. The highest BCUT2D eigenvalue weighted by atomic mass is 35.5. The van der Waals surface area contributed by atoms with Crippen molar-refractivity contribution in [1.29, 1.82) is 0 Å². The maximum absolute atomic E-state index is 12.8. The van der Waals surface area contributed by atoms with E-state index in [1.54, 1.807) is 23.0 Å². The van der Waals surface area contributed by atoms with Crippen LogP contribution in [-0.4, -0.2) is 53.8 Å². The summed E-state index contributed by atoms with van der Waals surface area (Å²) in [5.74, 6) is -0.182. The number of rotatable bonds is 5. The Kier molecular flexibility index (Phi) is 5.88. The first-order valence-corrected chi connectivity index (χ1v) is 11.1. The topological polar surface area (TPSA) is 84.3 Å². The van der Waals surface area contributed by atoms with E-state index in [9.17, 15) is 13.2 Å². The van der Waals surface area contributed by atoms with Crippen molar-refractivity contribution in [1.82, 2.24) is 19.4 Å². The Morgan fingerprint density at radius 2 is 2.04 bits per heavy atom. The number of hydrogen-bond donors (Lipinski definition) is 1. The summed E-state index contributed by atoms with van der Waals surface area (Å²) in [4.78, 5) is 12.8. The van der Waals surface area contributed by atoms with E-state index in [0.717, 1.165) is 11.4 Å². The number of benzene rings is 1. The summed E-state index contributed by atoms with van der Waals surface area (Å²) in [6, 6.07) is 7.27. The average molecular weight is 411 g/mol. The van der Waals surface area contributed by atoms with Crippen molar-refractivity contribution in [3.05, 3.63) is 46.7 Å². The standard InChI is InChI=1S/C18H23ClN4O3S/c1-3-17-16(12-20-23(17)15-6-4-5-13(19)11-15)18(24)21-14-7-9-22(10-8-14)27(2,25)26/h4-6,11-12,14H,3,7-10H2,1-2H3,(H,21,24). The molecule has 0 spiro atoms. The van der Waals surface area contributed by atoms with Crippen LogP contribution in [0.25, 0.3) is 5.69 Å². The van der Waals surface area contributed by atoms with Gasteiger partial charge in [0.1, 0.15) is 0 Å². The molecule has 0 atom stereocenters. The Balaban J connectivity index is 1.73. The van der Waals surface area contributed by atoms with Gasteiger partial charge in [-0.1, -0.05) is 24.6 Å². The van der Waals surface area contributed by atoms with Crippen LogP contribution in [0.1, 0.15) is 35.8 Å². The van der Waals surface area contributed by atoms with Crippen molar-refractivity contribution in [3.63, 3.8) is 0 Å². The van der Waals surface area contributed by atoms with Gasteiger partial charge in [0.2, 0.25) is 10.0 Å². The quantitative estimate of drug-likeness (QED) is 0.819. The van der Waals surface area contributed by atoms with Crippen LogP contribution in [0, 0.1) is 0 Å². The Morgan fingerprint density at radius 3 is 2.63 bits per heavy atom. The van der Waals surface area contributed by atoms with Crippen molar-refractivity contribution >= 4 is 27.5 Å². The Hall–Kier alpha value is -1.90. The van der Waals surface area contributed by atoms with E-state index < -0.39 is 10.0 Å². The fourth-order valence-corrected chi connectivity index (χ4v) is 4.39. The van der Waals surface area contributed by atoms with E-state index in [1.807, 2.05) is 19.1 Å². The minimum atomic E-state index is -3.17. The molecule has 0 radical (unpaired) electrons. The minimum Gasteiger partial charge on any atom is -0.349 e. The van der Waals surface area contributed by atoms with E-state index in [4.69, 9.17) is 11.6 Å². The van der Waals surface area contributed by atoms with Gasteiger partial charge in [-0.15, -0.1) is 0 Å². The molecule has 1 N–H and O–H groups in total. The smallest absolute Gasteiger partial charge is 0.254 e. The summed E-state index contributed by atoms with van der Waals surface area (Å²) in [7, 11) is -3.17. The molecule has 1 amide bonds. The second-order valence-corrected chi connectivity index (χ2v) is 9.08. The third kappa shape index (κ3) is 4.51. The number of amides is 1. The first-order chi connectivity index (χ1) is 12.8. The molecule has 0 saturated carbocycles. The number of sulfonamides is 1. The first-order valence-electron chi connectivity index (χ1n) is 8.88. The van der Waals surface area contributed by atoms with E-state index in [-0.39, 0.29) is 11.9 Å². The Bertz CT molecular complexity index is 934. The first kappa shape index (κ1) is 19.9. The van der Waals surface area contributed by atoms with Crippen LogP contribution in [0.2, 0.25) is 5.02 Å². The lowest BCUT2D eigenvalue weighted by atomic mass is 10.1. The van der Waals surface area contributed by atoms with Gasteiger partial charge in [-0.25, -0.2) is 17.4 Å². The molecule has 1 fully saturated rings. The third-order valence-corrected chi connectivity index (χ3v) is 6.30. The highest BCUT2D eigenvalue weighted by Crippen LogP contribution is 2.20. The van der Waals surface area contributed by atoms with Crippen molar-refractivity contribution in [2.75, 3.05) is 19.3 Å². The number of hydrogen-bond acceptors (Lipinski definition) is 4. The number of aromatic nitrogens is 2. The van der Waals surface area contributed by atoms with Crippen LogP contribution in [0.4, 0.5) is 0 Å². The molecule has 1 aliphatic heterocycles. The zero-order valence-electron chi connectivity index (χ0n) is 15.4. The van der Waals surface area contributed by atoms with Crippen molar-refractivity contribution in [2.45, 2.75) is 32.2 Å². The zero-order valence-corrected chi connectivity index (χ0v) is 16.9. The fourth-order valence-electron chi connectivity index (χ4n) is 3.33. The molecule has 0 bridgehead atoms. The van der Waals surface area contributed by atoms with E-state index in [1.165, 1.54) is 10.6 Å². The SMILES string of the molecule is CCc1c(C(=O)NC2CCN(S(C)(=O)=O)CC2)cnn1-c1cccc(Cl)c1. The van der Waals surface area contributed by atoms with Gasteiger partial charge in [0.25, 0.3) is 5.91 Å². The summed E-state index contributed by atoms with van der Waals surface area (Å²) in [5.41, 5.74) is 2.14. The van der Waals surface area contributed by atoms with E-state index in [0.29, 0.717) is 42.9 Å². The van der Waals surface area contributed by atoms with E-state index >= 15 is 0 Å². The number of carbonyl (C=O) groups is 1. The molecule has 1 aromatic carbocycles. The van der Waals surface area contributed by atoms with Crippen LogP contribution >= 0.6 is 11.6 Å². The summed E-state index contributed by atoms with van der Waals surface area (Å²) < 4.78 is 26.4. The molecule has 7 nitrogen and oxygen atoms in total. The maximum atomic E-state index is 12.8. The Labute approximate surface area is 164 Å². The van der Waals surface area contributed by atoms with Crippen molar-refractivity contribution in [3.8, 4) is 5.69 Å². The molecule has 0 aliphatic carbocycles. The molecule has 1 aliphatic rings. The molecule has 1 aromatic heterocycles. The van der Waals surface area contributed by atoms with E-state index in [2.05, 4.69) is 10.4 Å². The molecule has 0 unspecified atom stereocenters. The van der Waals surface area contributed by atoms with Gasteiger partial charge < -0.3 is 5.32 Å². The highest BCUT2D eigenvalue weighted by Gasteiger charge is 2.27. The monoisotopic (exact) mass is 410 g/mol. The van der Waals surface area contributed by atoms with Gasteiger partial charge in [0, 0.05) is 24.2 Å². The lowest BCUT2D eigenvalue weighted by Gasteiger charge is -2.30. The predicted molar refractivity (Wildman–Crippen MR) is 105 cm³/mol. The molecular weight excluding hydrogens is 388 g/mol. The second kappa shape index (κ2) is 8.00. The molecule has 2 aromatic rings. The normalized spacial score (nSPS) is 16.4. The van der Waals surface area contributed by atoms with Crippen molar-refractivity contribution < 1.29 is 13.2 Å². The lowest BCUT2D eigenvalue weighted by Crippen LogP contribution is -2.46. The predicted octanol–water partition coefficient (Wildman–Crippen LogP) is 2.24. The number of piperidine rings is 1. The summed E-state index contributed by atoms with van der Waals surface area (Å²) in [6.45, 7) is 2.82. The maximum Gasteiger partial charge on any atom is 0.254 e. The zero-order chi connectivity index (χ0) is 19.6. The van der Waals surface area contributed by atoms with Gasteiger partial charge >= 0.3 is 0 Å². The number of halogens is 1. The van der Waals surface area contributed by atoms with Gasteiger partial charge in [-0.3, -0.25) is 4.79 Å². The third-order valence-electron chi connectivity index (χ3n) is 4.76. The van der Waals surface area contributed by atoms with Crippen LogP contribution in [0.15, 0.2) is 30.5 Å². The van der Waals surface area contributed by atoms with Gasteiger partial charge in [0.05, 0.1) is 29.4 Å². The molecule has 3 rings (SSSR count). The van der Waals surface area contributed by atoms with Gasteiger partial charge in [-0.2, -0.15) is 5.10 Å². The van der Waals surface area contributed by atoms with Crippen LogP contribution in [0.5, 0.6) is 0 Å². The number of nitrogens with one attached hydrogen (secondary N) is 1. The Morgan fingerprint density at radius 1 is 1.33 bits per heavy atom. The van der Waals surface area contributed by atoms with Crippen LogP contribution in [0.3, 0.4) is 0 Å². The van der Waals surface area contributed by atoms with Gasteiger partial charge in [0.15, 0.2) is 0 Å². The second-order valence-electron chi connectivity index (χ2n) is 6.66. The molecule has 146 valence electrons. The largest absolute Gasteiger partial charge is 0.349 e. The summed E-state index contributed by atoms with van der Waals surface area (Å²) >= 11 is 6.07. The lowest BCUT2D eigenvalue weighted by molar-refractivity contribution is 0.0923. The summed E-state index contributed by atoms with van der Waals surface area (Å²) in [5, 5.41) is 7.99. The molecule has 1 saturated heterocycles. The number of carbonyl (C=O) groups excluding carboxylic acids is 1. The average Bonchev–Trinajstić information content (AvgIpc) is 3.05. The van der Waals surface area contributed by atoms with Crippen molar-refractivity contribution in [2.24, 2.45) is 0 Å². The minimum absolute atomic E-state index is 0.0466. The van der Waals surface area contributed by atoms with Gasteiger partial charge in [-0.05, 0) is 37.5 Å². The molecular formula is C18H23ClN4O3S. The van der Waals surface area contributed by atoms with Crippen LogP contribution in [-0.2, 0) is 16.4 Å². The summed E-state index contributed by atoms with van der Waals surface area (Å²) in [6.07, 6.45) is 4.62. The fraction of sp³-hybridized carbons (Fsp3) is 0.444. The van der Waals surface area contributed by atoms with Crippen LogP contribution < -0.4 is 5.32 Å².